The van der Waals surface area contributed by atoms with Gasteiger partial charge in [-0.05, 0) is 43.0 Å². The number of nitrogens with zero attached hydrogens (tertiary/aromatic N) is 1. The SMILES string of the molecule is Cc1cc(Cl)cc(-c2[nH]nc(N)c2CC(C)C)c1. The van der Waals surface area contributed by atoms with Crippen LogP contribution in [-0.4, -0.2) is 10.2 Å². The fraction of sp³-hybridized carbons (Fsp3) is 0.357. The number of aromatic nitrogens is 2. The van der Waals surface area contributed by atoms with E-state index in [2.05, 4.69) is 30.1 Å². The van der Waals surface area contributed by atoms with Crippen LogP contribution in [0.4, 0.5) is 5.82 Å². The third kappa shape index (κ3) is 2.67. The van der Waals surface area contributed by atoms with Crippen LogP contribution in [0.5, 0.6) is 0 Å². The van der Waals surface area contributed by atoms with Gasteiger partial charge in [0.05, 0.1) is 5.69 Å². The molecule has 1 aromatic carbocycles. The maximum Gasteiger partial charge on any atom is 0.149 e. The number of aryl methyl sites for hydroxylation is 1. The van der Waals surface area contributed by atoms with Crippen molar-refractivity contribution in [2.75, 3.05) is 5.73 Å². The van der Waals surface area contributed by atoms with E-state index in [4.69, 9.17) is 17.3 Å². The molecule has 2 aromatic rings. The lowest BCUT2D eigenvalue weighted by Crippen LogP contribution is -1.99. The number of rotatable bonds is 3. The summed E-state index contributed by atoms with van der Waals surface area (Å²) in [6.07, 6.45) is 0.906. The van der Waals surface area contributed by atoms with Crippen molar-refractivity contribution in [3.63, 3.8) is 0 Å². The van der Waals surface area contributed by atoms with Crippen LogP contribution in [0.15, 0.2) is 18.2 Å². The Hall–Kier alpha value is -1.48. The summed E-state index contributed by atoms with van der Waals surface area (Å²) < 4.78 is 0. The molecule has 0 fully saturated rings. The Bertz CT molecular complexity index is 538. The van der Waals surface area contributed by atoms with Crippen LogP contribution < -0.4 is 5.73 Å². The number of benzene rings is 1. The van der Waals surface area contributed by atoms with Crippen LogP contribution in [-0.2, 0) is 6.42 Å². The van der Waals surface area contributed by atoms with Gasteiger partial charge in [-0.15, -0.1) is 0 Å². The van der Waals surface area contributed by atoms with E-state index >= 15 is 0 Å². The van der Waals surface area contributed by atoms with Crippen molar-refractivity contribution < 1.29 is 0 Å². The van der Waals surface area contributed by atoms with E-state index in [1.807, 2.05) is 19.1 Å². The molecule has 1 aromatic heterocycles. The van der Waals surface area contributed by atoms with Crippen LogP contribution in [0.25, 0.3) is 11.3 Å². The minimum Gasteiger partial charge on any atom is -0.382 e. The number of nitrogens with two attached hydrogens (primary N) is 1. The summed E-state index contributed by atoms with van der Waals surface area (Å²) in [5.41, 5.74) is 10.1. The van der Waals surface area contributed by atoms with Gasteiger partial charge in [-0.1, -0.05) is 25.4 Å². The number of hydrogen-bond donors (Lipinski definition) is 2. The van der Waals surface area contributed by atoms with Gasteiger partial charge in [-0.3, -0.25) is 5.10 Å². The van der Waals surface area contributed by atoms with Gasteiger partial charge in [-0.25, -0.2) is 0 Å². The number of nitrogens with one attached hydrogen (secondary N) is 1. The largest absolute Gasteiger partial charge is 0.382 e. The van der Waals surface area contributed by atoms with Gasteiger partial charge in [-0.2, -0.15) is 5.10 Å². The molecule has 3 N–H and O–H groups in total. The van der Waals surface area contributed by atoms with Gasteiger partial charge in [0.1, 0.15) is 5.82 Å². The quantitative estimate of drug-likeness (QED) is 0.885. The highest BCUT2D eigenvalue weighted by atomic mass is 35.5. The lowest BCUT2D eigenvalue weighted by molar-refractivity contribution is 0.649. The third-order valence-corrected chi connectivity index (χ3v) is 3.06. The number of anilines is 1. The van der Waals surface area contributed by atoms with E-state index in [0.29, 0.717) is 11.7 Å². The first kappa shape index (κ1) is 13.0. The highest BCUT2D eigenvalue weighted by Gasteiger charge is 2.14. The van der Waals surface area contributed by atoms with Crippen LogP contribution >= 0.6 is 11.6 Å². The van der Waals surface area contributed by atoms with Crippen molar-refractivity contribution in [3.05, 3.63) is 34.3 Å². The molecule has 4 heteroatoms. The Morgan fingerprint density at radius 2 is 2.06 bits per heavy atom. The number of H-pyrrole nitrogens is 1. The fourth-order valence-electron chi connectivity index (χ4n) is 2.11. The second-order valence-electron chi connectivity index (χ2n) is 5.08. The first-order valence-electron chi connectivity index (χ1n) is 6.07. The van der Waals surface area contributed by atoms with Crippen LogP contribution in [0, 0.1) is 12.8 Å². The van der Waals surface area contributed by atoms with E-state index in [0.717, 1.165) is 33.8 Å². The van der Waals surface area contributed by atoms with Crippen molar-refractivity contribution in [1.29, 1.82) is 0 Å². The maximum atomic E-state index is 6.10. The fourth-order valence-corrected chi connectivity index (χ4v) is 2.40. The molecule has 18 heavy (non-hydrogen) atoms. The molecule has 0 spiro atoms. The van der Waals surface area contributed by atoms with Crippen molar-refractivity contribution in [3.8, 4) is 11.3 Å². The van der Waals surface area contributed by atoms with Gasteiger partial charge < -0.3 is 5.73 Å². The predicted molar refractivity (Wildman–Crippen MR) is 76.7 cm³/mol. The summed E-state index contributed by atoms with van der Waals surface area (Å²) >= 11 is 6.10. The minimum absolute atomic E-state index is 0.531. The molecular formula is C14H18ClN3. The van der Waals surface area contributed by atoms with Crippen molar-refractivity contribution in [1.82, 2.24) is 10.2 Å². The summed E-state index contributed by atoms with van der Waals surface area (Å²) in [6.45, 7) is 6.36. The van der Waals surface area contributed by atoms with E-state index < -0.39 is 0 Å². The molecule has 1 heterocycles. The molecule has 0 unspecified atom stereocenters. The van der Waals surface area contributed by atoms with Gasteiger partial charge in [0.25, 0.3) is 0 Å². The van der Waals surface area contributed by atoms with Crippen LogP contribution in [0.2, 0.25) is 5.02 Å². The van der Waals surface area contributed by atoms with E-state index in [1.54, 1.807) is 0 Å². The molecule has 3 nitrogen and oxygen atoms in total. The van der Waals surface area contributed by atoms with Crippen molar-refractivity contribution >= 4 is 17.4 Å². The Morgan fingerprint density at radius 1 is 1.33 bits per heavy atom. The molecule has 0 saturated heterocycles. The summed E-state index contributed by atoms with van der Waals surface area (Å²) in [4.78, 5) is 0. The van der Waals surface area contributed by atoms with Crippen molar-refractivity contribution in [2.24, 2.45) is 5.92 Å². The molecule has 0 aliphatic carbocycles. The molecule has 0 atom stereocenters. The molecule has 0 amide bonds. The van der Waals surface area contributed by atoms with Gasteiger partial charge in [0, 0.05) is 16.1 Å². The van der Waals surface area contributed by atoms with Crippen molar-refractivity contribution in [2.45, 2.75) is 27.2 Å². The Balaban J connectivity index is 2.50. The lowest BCUT2D eigenvalue weighted by atomic mass is 9.98. The molecular weight excluding hydrogens is 246 g/mol. The van der Waals surface area contributed by atoms with Crippen LogP contribution in [0.1, 0.15) is 25.0 Å². The standard InChI is InChI=1S/C14H18ClN3/c1-8(2)4-12-13(17-18-14(12)16)10-5-9(3)6-11(15)7-10/h5-8H,4H2,1-3H3,(H3,16,17,18). The average Bonchev–Trinajstić information content (AvgIpc) is 2.58. The number of hydrogen-bond acceptors (Lipinski definition) is 2. The summed E-state index contributed by atoms with van der Waals surface area (Å²) in [7, 11) is 0. The number of aromatic amines is 1. The second-order valence-corrected chi connectivity index (χ2v) is 5.51. The van der Waals surface area contributed by atoms with Gasteiger partial charge in [0.2, 0.25) is 0 Å². The Morgan fingerprint density at radius 3 is 2.67 bits per heavy atom. The Labute approximate surface area is 112 Å². The van der Waals surface area contributed by atoms with E-state index in [1.165, 1.54) is 0 Å². The Kier molecular flexibility index (Phi) is 3.62. The first-order chi connectivity index (χ1) is 8.47. The van der Waals surface area contributed by atoms with Gasteiger partial charge >= 0.3 is 0 Å². The minimum atomic E-state index is 0.531. The zero-order chi connectivity index (χ0) is 13.3. The first-order valence-corrected chi connectivity index (χ1v) is 6.45. The maximum absolute atomic E-state index is 6.10. The topological polar surface area (TPSA) is 54.7 Å². The molecule has 0 aliphatic heterocycles. The molecule has 96 valence electrons. The molecule has 0 saturated carbocycles. The highest BCUT2D eigenvalue weighted by molar-refractivity contribution is 6.30. The highest BCUT2D eigenvalue weighted by Crippen LogP contribution is 2.30. The normalized spacial score (nSPS) is 11.2. The van der Waals surface area contributed by atoms with E-state index in [-0.39, 0.29) is 0 Å². The summed E-state index contributed by atoms with van der Waals surface area (Å²) in [6, 6.07) is 5.96. The summed E-state index contributed by atoms with van der Waals surface area (Å²) in [5.74, 6) is 1.11. The monoisotopic (exact) mass is 263 g/mol. The smallest absolute Gasteiger partial charge is 0.149 e. The van der Waals surface area contributed by atoms with Gasteiger partial charge in [0.15, 0.2) is 0 Å². The molecule has 0 bridgehead atoms. The molecule has 2 rings (SSSR count). The van der Waals surface area contributed by atoms with Crippen LogP contribution in [0.3, 0.4) is 0 Å². The predicted octanol–water partition coefficient (Wildman–Crippen LogP) is 3.82. The lowest BCUT2D eigenvalue weighted by Gasteiger charge is -2.08. The zero-order valence-electron chi connectivity index (χ0n) is 10.9. The number of halogens is 1. The zero-order valence-corrected chi connectivity index (χ0v) is 11.7. The van der Waals surface area contributed by atoms with E-state index in [9.17, 15) is 0 Å². The molecule has 0 aliphatic rings. The number of nitrogen functional groups attached to an aromatic ring is 1. The second kappa shape index (κ2) is 5.02. The third-order valence-electron chi connectivity index (χ3n) is 2.84. The average molecular weight is 264 g/mol. The summed E-state index contributed by atoms with van der Waals surface area (Å²) in [5, 5.41) is 7.86. The molecule has 0 radical (unpaired) electrons.